The number of nitrogens with one attached hydrogen (secondary N) is 1. The van der Waals surface area contributed by atoms with Gasteiger partial charge in [-0.1, -0.05) is 0 Å². The van der Waals surface area contributed by atoms with E-state index in [9.17, 15) is 9.90 Å². The molecule has 0 aromatic heterocycles. The average molecular weight is 229 g/mol. The molecular weight excluding hydrogens is 206 g/mol. The molecule has 4 heteroatoms. The summed E-state index contributed by atoms with van der Waals surface area (Å²) < 4.78 is 5.39. The van der Waals surface area contributed by atoms with Gasteiger partial charge in [0.05, 0.1) is 12.0 Å². The number of rotatable bonds is 4. The smallest absolute Gasteiger partial charge is 0.310 e. The molecule has 1 atom stereocenters. The Labute approximate surface area is 97.4 Å². The van der Waals surface area contributed by atoms with E-state index >= 15 is 0 Å². The van der Waals surface area contributed by atoms with Gasteiger partial charge in [0.1, 0.15) is 0 Å². The number of carboxylic acids is 1. The fourth-order valence-corrected chi connectivity index (χ4v) is 1.81. The topological polar surface area (TPSA) is 58.6 Å². The first-order valence-electron chi connectivity index (χ1n) is 5.86. The summed E-state index contributed by atoms with van der Waals surface area (Å²) in [5.74, 6) is -0.776. The van der Waals surface area contributed by atoms with E-state index in [0.29, 0.717) is 6.61 Å². The molecule has 94 valence electrons. The van der Waals surface area contributed by atoms with Crippen molar-refractivity contribution in [3.8, 4) is 0 Å². The molecule has 2 N–H and O–H groups in total. The van der Waals surface area contributed by atoms with Crippen LogP contribution in [0.2, 0.25) is 0 Å². The largest absolute Gasteiger partial charge is 0.481 e. The Kier molecular flexibility index (Phi) is 3.97. The molecule has 4 nitrogen and oxygen atoms in total. The van der Waals surface area contributed by atoms with E-state index < -0.39 is 16.9 Å². The molecule has 0 saturated carbocycles. The predicted molar refractivity (Wildman–Crippen MR) is 62.5 cm³/mol. The molecule has 1 fully saturated rings. The Morgan fingerprint density at radius 1 is 1.38 bits per heavy atom. The first-order chi connectivity index (χ1) is 7.27. The molecule has 1 unspecified atom stereocenters. The summed E-state index contributed by atoms with van der Waals surface area (Å²) in [6.07, 6.45) is 2.10. The second-order valence-electron chi connectivity index (χ2n) is 5.61. The van der Waals surface area contributed by atoms with E-state index in [-0.39, 0.29) is 6.04 Å². The van der Waals surface area contributed by atoms with Gasteiger partial charge in [-0.2, -0.15) is 0 Å². The van der Waals surface area contributed by atoms with Crippen LogP contribution in [-0.2, 0) is 9.53 Å². The van der Waals surface area contributed by atoms with Crippen LogP contribution in [0.5, 0.6) is 0 Å². The zero-order valence-corrected chi connectivity index (χ0v) is 10.7. The minimum absolute atomic E-state index is 0.266. The molecule has 0 aromatic rings. The molecule has 16 heavy (non-hydrogen) atoms. The zero-order valence-electron chi connectivity index (χ0n) is 10.7. The quantitative estimate of drug-likeness (QED) is 0.769. The third kappa shape index (κ3) is 2.74. The summed E-state index contributed by atoms with van der Waals surface area (Å²) in [7, 11) is 0. The number of carbonyl (C=O) groups is 1. The summed E-state index contributed by atoms with van der Waals surface area (Å²) in [6.45, 7) is 8.89. The van der Waals surface area contributed by atoms with Crippen LogP contribution < -0.4 is 5.32 Å². The van der Waals surface area contributed by atoms with E-state index in [4.69, 9.17) is 4.74 Å². The Morgan fingerprint density at radius 2 is 2.00 bits per heavy atom. The molecule has 0 amide bonds. The molecule has 0 radical (unpaired) electrons. The minimum atomic E-state index is -0.801. The minimum Gasteiger partial charge on any atom is -0.481 e. The average Bonchev–Trinajstić information content (AvgIpc) is 2.18. The lowest BCUT2D eigenvalue weighted by atomic mass is 9.74. The van der Waals surface area contributed by atoms with Crippen molar-refractivity contribution in [3.63, 3.8) is 0 Å². The molecule has 1 aliphatic rings. The number of hydrogen-bond acceptors (Lipinski definition) is 3. The first kappa shape index (κ1) is 13.5. The summed E-state index contributed by atoms with van der Waals surface area (Å²) in [5.41, 5.74) is -1.26. The van der Waals surface area contributed by atoms with E-state index in [2.05, 4.69) is 5.32 Å². The fourth-order valence-electron chi connectivity index (χ4n) is 1.81. The molecule has 1 rings (SSSR count). The summed E-state index contributed by atoms with van der Waals surface area (Å²) in [5, 5.41) is 12.6. The normalized spacial score (nSPS) is 23.1. The second-order valence-corrected chi connectivity index (χ2v) is 5.61. The van der Waals surface area contributed by atoms with Crippen LogP contribution in [0.1, 0.15) is 40.5 Å². The summed E-state index contributed by atoms with van der Waals surface area (Å²) in [6, 6.07) is 0.266. The molecule has 0 aromatic carbocycles. The van der Waals surface area contributed by atoms with Crippen LogP contribution in [-0.4, -0.2) is 35.9 Å². The highest BCUT2D eigenvalue weighted by molar-refractivity contribution is 5.75. The van der Waals surface area contributed by atoms with Crippen LogP contribution in [0.15, 0.2) is 0 Å². The Morgan fingerprint density at radius 3 is 2.44 bits per heavy atom. The summed E-state index contributed by atoms with van der Waals surface area (Å²) >= 11 is 0. The zero-order chi connectivity index (χ0) is 12.4. The van der Waals surface area contributed by atoms with E-state index in [1.54, 1.807) is 13.8 Å². The van der Waals surface area contributed by atoms with Crippen molar-refractivity contribution in [2.45, 2.75) is 52.1 Å². The monoisotopic (exact) mass is 229 g/mol. The first-order valence-corrected chi connectivity index (χ1v) is 5.86. The Balaban J connectivity index is 2.65. The van der Waals surface area contributed by atoms with E-state index in [1.165, 1.54) is 0 Å². The van der Waals surface area contributed by atoms with Crippen molar-refractivity contribution in [2.24, 2.45) is 5.41 Å². The van der Waals surface area contributed by atoms with Crippen molar-refractivity contribution in [2.75, 3.05) is 13.2 Å². The third-order valence-corrected chi connectivity index (χ3v) is 3.82. The molecule has 1 heterocycles. The Bertz CT molecular complexity index is 255. The van der Waals surface area contributed by atoms with Crippen LogP contribution in [0.4, 0.5) is 0 Å². The van der Waals surface area contributed by atoms with Crippen LogP contribution in [0.3, 0.4) is 0 Å². The number of hydrogen-bond donors (Lipinski definition) is 2. The molecule has 0 aliphatic carbocycles. The van der Waals surface area contributed by atoms with Crippen LogP contribution >= 0.6 is 0 Å². The van der Waals surface area contributed by atoms with Gasteiger partial charge in [-0.3, -0.25) is 4.79 Å². The van der Waals surface area contributed by atoms with Crippen molar-refractivity contribution in [3.05, 3.63) is 0 Å². The van der Waals surface area contributed by atoms with Gasteiger partial charge in [-0.15, -0.1) is 0 Å². The highest BCUT2D eigenvalue weighted by Gasteiger charge is 2.44. The fraction of sp³-hybridized carbons (Fsp3) is 0.917. The highest BCUT2D eigenvalue weighted by Crippen LogP contribution is 2.31. The van der Waals surface area contributed by atoms with Gasteiger partial charge in [-0.05, 0) is 40.5 Å². The third-order valence-electron chi connectivity index (χ3n) is 3.82. The lowest BCUT2D eigenvalue weighted by molar-refractivity contribution is -0.151. The molecule has 0 bridgehead atoms. The van der Waals surface area contributed by atoms with Crippen molar-refractivity contribution >= 4 is 5.97 Å². The van der Waals surface area contributed by atoms with Gasteiger partial charge >= 0.3 is 5.97 Å². The number of aliphatic carboxylic acids is 1. The Hall–Kier alpha value is -0.610. The molecular formula is C12H23NO3. The van der Waals surface area contributed by atoms with E-state index in [1.807, 2.05) is 13.8 Å². The van der Waals surface area contributed by atoms with Gasteiger partial charge < -0.3 is 15.2 Å². The number of ether oxygens (including phenoxy) is 1. The van der Waals surface area contributed by atoms with Crippen molar-refractivity contribution in [1.82, 2.24) is 5.32 Å². The van der Waals surface area contributed by atoms with Crippen LogP contribution in [0, 0.1) is 5.41 Å². The van der Waals surface area contributed by atoms with Gasteiger partial charge in [-0.25, -0.2) is 0 Å². The van der Waals surface area contributed by atoms with Gasteiger partial charge in [0, 0.05) is 18.2 Å². The number of carboxylic acid groups (broad SMARTS) is 1. The molecule has 1 aliphatic heterocycles. The predicted octanol–water partition coefficient (Wildman–Crippen LogP) is 1.64. The summed E-state index contributed by atoms with van der Waals surface area (Å²) in [4.78, 5) is 11.2. The van der Waals surface area contributed by atoms with Crippen molar-refractivity contribution < 1.29 is 14.6 Å². The van der Waals surface area contributed by atoms with E-state index in [0.717, 1.165) is 19.4 Å². The maximum absolute atomic E-state index is 11.2. The SMILES string of the molecule is CC(C)(NC1CCCOC1)C(C)(C)C(=O)O. The van der Waals surface area contributed by atoms with Gasteiger partial charge in [0.15, 0.2) is 0 Å². The van der Waals surface area contributed by atoms with Gasteiger partial charge in [0.2, 0.25) is 0 Å². The standard InChI is InChI=1S/C12H23NO3/c1-11(2,10(14)15)12(3,4)13-9-6-5-7-16-8-9/h9,13H,5-8H2,1-4H3,(H,14,15). The lowest BCUT2D eigenvalue weighted by Gasteiger charge is -2.42. The van der Waals surface area contributed by atoms with Crippen LogP contribution in [0.25, 0.3) is 0 Å². The second kappa shape index (κ2) is 4.72. The van der Waals surface area contributed by atoms with Crippen molar-refractivity contribution in [1.29, 1.82) is 0 Å². The molecule has 1 saturated heterocycles. The highest BCUT2D eigenvalue weighted by atomic mass is 16.5. The molecule has 0 spiro atoms. The lowest BCUT2D eigenvalue weighted by Crippen LogP contribution is -2.59. The van der Waals surface area contributed by atoms with Gasteiger partial charge in [0.25, 0.3) is 0 Å². The maximum Gasteiger partial charge on any atom is 0.310 e. The maximum atomic E-state index is 11.2.